The summed E-state index contributed by atoms with van der Waals surface area (Å²) in [5.74, 6) is -2.30. The molecule has 0 saturated carbocycles. The highest BCUT2D eigenvalue weighted by atomic mass is 19.1. The molecule has 1 aliphatic rings. The molecule has 1 aliphatic heterocycles. The zero-order valence-electron chi connectivity index (χ0n) is 18.7. The summed E-state index contributed by atoms with van der Waals surface area (Å²) in [4.78, 5) is 26.8. The Hall–Kier alpha value is -3.61. The van der Waals surface area contributed by atoms with Crippen molar-refractivity contribution in [3.63, 3.8) is 0 Å². The third kappa shape index (κ3) is 4.69. The standard InChI is InChI=1S/C27H25F3N2O2/c1-17(18-2-4-19(5-3-18)23-11-10-22(29)14-24(23)30)32-13-12-27(15-25(31)33,16-26(32)34)20-6-8-21(28)9-7-20/h2-11,14,17H,12-13,15-16H2,1H3,(H2,31,33)/t17-,27+/m0/s1. The van der Waals surface area contributed by atoms with Gasteiger partial charge in [0.15, 0.2) is 0 Å². The monoisotopic (exact) mass is 466 g/mol. The predicted octanol–water partition coefficient (Wildman–Crippen LogP) is 5.27. The highest BCUT2D eigenvalue weighted by molar-refractivity contribution is 5.82. The number of carbonyl (C=O) groups excluding carboxylic acids is 2. The van der Waals surface area contributed by atoms with Gasteiger partial charge in [-0.2, -0.15) is 0 Å². The number of halogens is 3. The second kappa shape index (κ2) is 9.33. The predicted molar refractivity (Wildman–Crippen MR) is 123 cm³/mol. The molecule has 0 aromatic heterocycles. The minimum atomic E-state index is -0.767. The first-order valence-corrected chi connectivity index (χ1v) is 11.1. The number of likely N-dealkylation sites (tertiary alicyclic amines) is 1. The Bertz CT molecular complexity index is 1210. The average Bonchev–Trinajstić information content (AvgIpc) is 2.79. The summed E-state index contributed by atoms with van der Waals surface area (Å²) in [6.45, 7) is 2.31. The topological polar surface area (TPSA) is 63.4 Å². The van der Waals surface area contributed by atoms with Crippen LogP contribution in [0.25, 0.3) is 11.1 Å². The van der Waals surface area contributed by atoms with Crippen LogP contribution in [0.1, 0.15) is 43.4 Å². The van der Waals surface area contributed by atoms with E-state index >= 15 is 0 Å². The molecule has 176 valence electrons. The fourth-order valence-corrected chi connectivity index (χ4v) is 4.83. The quantitative estimate of drug-likeness (QED) is 0.538. The maximum Gasteiger partial charge on any atom is 0.223 e. The van der Waals surface area contributed by atoms with Crippen molar-refractivity contribution in [2.75, 3.05) is 6.54 Å². The molecule has 0 aliphatic carbocycles. The van der Waals surface area contributed by atoms with Gasteiger partial charge in [-0.1, -0.05) is 36.4 Å². The van der Waals surface area contributed by atoms with Crippen LogP contribution in [0.2, 0.25) is 0 Å². The van der Waals surface area contributed by atoms with Gasteiger partial charge < -0.3 is 10.6 Å². The van der Waals surface area contributed by atoms with E-state index in [2.05, 4.69) is 0 Å². The lowest BCUT2D eigenvalue weighted by Crippen LogP contribution is -2.48. The van der Waals surface area contributed by atoms with Crippen LogP contribution in [0.4, 0.5) is 13.2 Å². The number of nitrogens with zero attached hydrogens (tertiary/aromatic N) is 1. The molecule has 3 aromatic carbocycles. The Kier molecular flexibility index (Phi) is 6.46. The van der Waals surface area contributed by atoms with Crippen molar-refractivity contribution < 1.29 is 22.8 Å². The number of hydrogen-bond acceptors (Lipinski definition) is 2. The number of primary amides is 1. The summed E-state index contributed by atoms with van der Waals surface area (Å²) >= 11 is 0. The SMILES string of the molecule is C[C@@H](c1ccc(-c2ccc(F)cc2F)cc1)N1CC[C@](CC(N)=O)(c2ccc(F)cc2)CC1=O. The number of rotatable bonds is 6. The van der Waals surface area contributed by atoms with Crippen molar-refractivity contribution in [1.29, 1.82) is 0 Å². The van der Waals surface area contributed by atoms with Gasteiger partial charge in [0.1, 0.15) is 17.5 Å². The first-order chi connectivity index (χ1) is 16.2. The van der Waals surface area contributed by atoms with Crippen LogP contribution in [-0.4, -0.2) is 23.3 Å². The second-order valence-electron chi connectivity index (χ2n) is 8.87. The van der Waals surface area contributed by atoms with Gasteiger partial charge >= 0.3 is 0 Å². The van der Waals surface area contributed by atoms with E-state index in [4.69, 9.17) is 5.73 Å². The van der Waals surface area contributed by atoms with Crippen molar-refractivity contribution >= 4 is 11.8 Å². The Balaban J connectivity index is 1.54. The van der Waals surface area contributed by atoms with Gasteiger partial charge in [0.2, 0.25) is 11.8 Å². The zero-order valence-corrected chi connectivity index (χ0v) is 18.7. The Morgan fingerprint density at radius 1 is 1.00 bits per heavy atom. The summed E-state index contributed by atoms with van der Waals surface area (Å²) in [5, 5.41) is 0. The Morgan fingerprint density at radius 2 is 1.65 bits per heavy atom. The number of nitrogens with two attached hydrogens (primary N) is 1. The van der Waals surface area contributed by atoms with Gasteiger partial charge in [0.25, 0.3) is 0 Å². The zero-order chi connectivity index (χ0) is 24.5. The molecule has 0 unspecified atom stereocenters. The normalized spacial score (nSPS) is 19.2. The van der Waals surface area contributed by atoms with E-state index in [0.29, 0.717) is 24.1 Å². The molecule has 0 bridgehead atoms. The van der Waals surface area contributed by atoms with E-state index in [1.165, 1.54) is 24.3 Å². The van der Waals surface area contributed by atoms with Crippen LogP contribution in [0.3, 0.4) is 0 Å². The lowest BCUT2D eigenvalue weighted by Gasteiger charge is -2.43. The number of amides is 2. The number of piperidine rings is 1. The maximum atomic E-state index is 14.1. The van der Waals surface area contributed by atoms with E-state index in [-0.39, 0.29) is 30.6 Å². The van der Waals surface area contributed by atoms with E-state index < -0.39 is 23.0 Å². The molecule has 0 spiro atoms. The van der Waals surface area contributed by atoms with Crippen LogP contribution in [0, 0.1) is 17.5 Å². The third-order valence-corrected chi connectivity index (χ3v) is 6.71. The number of benzene rings is 3. The summed E-state index contributed by atoms with van der Waals surface area (Å²) in [6, 6.07) is 16.2. The van der Waals surface area contributed by atoms with Gasteiger partial charge in [-0.05, 0) is 54.3 Å². The molecule has 2 atom stereocenters. The first kappa shape index (κ1) is 23.5. The van der Waals surface area contributed by atoms with Crippen molar-refractivity contribution in [3.8, 4) is 11.1 Å². The number of carbonyl (C=O) groups is 2. The number of hydrogen-bond donors (Lipinski definition) is 1. The van der Waals surface area contributed by atoms with Crippen molar-refractivity contribution in [3.05, 3.63) is 95.3 Å². The molecular formula is C27H25F3N2O2. The van der Waals surface area contributed by atoms with Crippen molar-refractivity contribution in [2.45, 2.75) is 37.6 Å². The van der Waals surface area contributed by atoms with E-state index in [1.54, 1.807) is 29.2 Å². The second-order valence-corrected chi connectivity index (χ2v) is 8.87. The Labute approximate surface area is 196 Å². The fourth-order valence-electron chi connectivity index (χ4n) is 4.83. The van der Waals surface area contributed by atoms with E-state index in [0.717, 1.165) is 17.2 Å². The average molecular weight is 467 g/mol. The van der Waals surface area contributed by atoms with Crippen LogP contribution in [0.15, 0.2) is 66.7 Å². The summed E-state index contributed by atoms with van der Waals surface area (Å²) in [7, 11) is 0. The summed E-state index contributed by atoms with van der Waals surface area (Å²) < 4.78 is 40.8. The lowest BCUT2D eigenvalue weighted by molar-refractivity contribution is -0.139. The van der Waals surface area contributed by atoms with Crippen molar-refractivity contribution in [1.82, 2.24) is 4.90 Å². The van der Waals surface area contributed by atoms with Gasteiger partial charge in [-0.3, -0.25) is 9.59 Å². The third-order valence-electron chi connectivity index (χ3n) is 6.71. The maximum absolute atomic E-state index is 14.1. The van der Waals surface area contributed by atoms with Gasteiger partial charge in [-0.25, -0.2) is 13.2 Å². The molecule has 1 heterocycles. The van der Waals surface area contributed by atoms with E-state index in [1.807, 2.05) is 19.1 Å². The Morgan fingerprint density at radius 3 is 2.24 bits per heavy atom. The molecule has 2 amide bonds. The minimum absolute atomic E-state index is 0.00449. The van der Waals surface area contributed by atoms with Gasteiger partial charge in [-0.15, -0.1) is 0 Å². The van der Waals surface area contributed by atoms with Gasteiger partial charge in [0, 0.05) is 36.4 Å². The molecule has 7 heteroatoms. The van der Waals surface area contributed by atoms with Crippen LogP contribution < -0.4 is 5.73 Å². The smallest absolute Gasteiger partial charge is 0.223 e. The van der Waals surface area contributed by atoms with E-state index in [9.17, 15) is 22.8 Å². The molecule has 4 nitrogen and oxygen atoms in total. The summed E-state index contributed by atoms with van der Waals surface area (Å²) in [6.07, 6.45) is 0.603. The van der Waals surface area contributed by atoms with Crippen LogP contribution >= 0.6 is 0 Å². The lowest BCUT2D eigenvalue weighted by atomic mass is 9.69. The van der Waals surface area contributed by atoms with Crippen molar-refractivity contribution in [2.24, 2.45) is 5.73 Å². The highest BCUT2D eigenvalue weighted by Gasteiger charge is 2.42. The molecule has 0 radical (unpaired) electrons. The van der Waals surface area contributed by atoms with Crippen LogP contribution in [-0.2, 0) is 15.0 Å². The largest absolute Gasteiger partial charge is 0.370 e. The van der Waals surface area contributed by atoms with Crippen LogP contribution in [0.5, 0.6) is 0 Å². The molecule has 4 rings (SSSR count). The molecule has 1 fully saturated rings. The molecule has 1 saturated heterocycles. The van der Waals surface area contributed by atoms with Gasteiger partial charge in [0.05, 0.1) is 6.04 Å². The minimum Gasteiger partial charge on any atom is -0.370 e. The first-order valence-electron chi connectivity index (χ1n) is 11.1. The molecule has 34 heavy (non-hydrogen) atoms. The molecule has 3 aromatic rings. The summed E-state index contributed by atoms with van der Waals surface area (Å²) in [5.41, 5.74) is 7.22. The molecule has 2 N–H and O–H groups in total. The molecular weight excluding hydrogens is 441 g/mol. The highest BCUT2D eigenvalue weighted by Crippen LogP contribution is 2.41. The fraction of sp³-hybridized carbons (Fsp3) is 0.259.